The molecule has 0 heterocycles. The summed E-state index contributed by atoms with van der Waals surface area (Å²) >= 11 is 0. The fourth-order valence-electron chi connectivity index (χ4n) is 2.69. The summed E-state index contributed by atoms with van der Waals surface area (Å²) in [5.74, 6) is 2.69. The SMILES string of the molecule is COc1ccc([C@H]2C[C@H]2C[Si](C)(C)C(C)(C)C)cc1. The lowest BCUT2D eigenvalue weighted by Crippen LogP contribution is -2.37. The topological polar surface area (TPSA) is 9.23 Å². The van der Waals surface area contributed by atoms with Gasteiger partial charge in [0.1, 0.15) is 5.75 Å². The third-order valence-corrected chi connectivity index (χ3v) is 10.9. The van der Waals surface area contributed by atoms with Crippen molar-refractivity contribution in [1.29, 1.82) is 0 Å². The van der Waals surface area contributed by atoms with Gasteiger partial charge in [0.15, 0.2) is 0 Å². The van der Waals surface area contributed by atoms with Crippen molar-refractivity contribution in [3.63, 3.8) is 0 Å². The number of ether oxygens (including phenoxy) is 1. The second-order valence-electron chi connectivity index (χ2n) is 7.71. The van der Waals surface area contributed by atoms with Crippen molar-refractivity contribution in [2.45, 2.75) is 57.3 Å². The minimum absolute atomic E-state index is 0.514. The number of benzene rings is 1. The first kappa shape index (κ1) is 14.6. The quantitative estimate of drug-likeness (QED) is 0.677. The molecule has 2 heteroatoms. The van der Waals surface area contributed by atoms with Crippen molar-refractivity contribution >= 4 is 8.07 Å². The molecule has 0 radical (unpaired) electrons. The van der Waals surface area contributed by atoms with Crippen LogP contribution in [0.2, 0.25) is 24.2 Å². The minimum atomic E-state index is -1.12. The summed E-state index contributed by atoms with van der Waals surface area (Å²) in [6, 6.07) is 10.1. The van der Waals surface area contributed by atoms with Gasteiger partial charge in [0.05, 0.1) is 15.2 Å². The van der Waals surface area contributed by atoms with Gasteiger partial charge in [-0.3, -0.25) is 0 Å². The lowest BCUT2D eigenvalue weighted by Gasteiger charge is -2.37. The molecule has 0 aromatic heterocycles. The van der Waals surface area contributed by atoms with Crippen molar-refractivity contribution in [2.75, 3.05) is 7.11 Å². The highest BCUT2D eigenvalue weighted by Crippen LogP contribution is 2.55. The first-order chi connectivity index (χ1) is 8.74. The number of methoxy groups -OCH3 is 1. The van der Waals surface area contributed by atoms with E-state index in [1.165, 1.54) is 18.0 Å². The molecule has 1 aromatic rings. The molecule has 106 valence electrons. The molecule has 1 fully saturated rings. The van der Waals surface area contributed by atoms with E-state index in [1.54, 1.807) is 7.11 Å². The molecule has 0 amide bonds. The summed E-state index contributed by atoms with van der Waals surface area (Å²) in [6.07, 6.45) is 1.39. The van der Waals surface area contributed by atoms with Gasteiger partial charge >= 0.3 is 0 Å². The largest absolute Gasteiger partial charge is 0.497 e. The summed E-state index contributed by atoms with van der Waals surface area (Å²) in [7, 11) is 0.606. The Labute approximate surface area is 119 Å². The van der Waals surface area contributed by atoms with Gasteiger partial charge in [-0.15, -0.1) is 0 Å². The maximum Gasteiger partial charge on any atom is 0.118 e. The van der Waals surface area contributed by atoms with Gasteiger partial charge in [-0.05, 0) is 41.0 Å². The van der Waals surface area contributed by atoms with E-state index in [4.69, 9.17) is 4.74 Å². The van der Waals surface area contributed by atoms with Crippen LogP contribution in [0.5, 0.6) is 5.75 Å². The van der Waals surface area contributed by atoms with Gasteiger partial charge in [-0.1, -0.05) is 52.0 Å². The zero-order chi connectivity index (χ0) is 14.3. The van der Waals surface area contributed by atoms with Crippen LogP contribution >= 0.6 is 0 Å². The second kappa shape index (κ2) is 4.97. The molecule has 1 aliphatic carbocycles. The number of rotatable bonds is 4. The van der Waals surface area contributed by atoms with Crippen LogP contribution in [0.4, 0.5) is 0 Å². The Morgan fingerprint density at radius 2 is 1.74 bits per heavy atom. The van der Waals surface area contributed by atoms with Crippen LogP contribution in [0.1, 0.15) is 38.7 Å². The minimum Gasteiger partial charge on any atom is -0.497 e. The van der Waals surface area contributed by atoms with Gasteiger partial charge < -0.3 is 4.74 Å². The first-order valence-electron chi connectivity index (χ1n) is 7.38. The molecule has 1 aliphatic rings. The van der Waals surface area contributed by atoms with E-state index < -0.39 is 8.07 Å². The lowest BCUT2D eigenvalue weighted by atomic mass is 10.1. The molecule has 0 aliphatic heterocycles. The van der Waals surface area contributed by atoms with Crippen LogP contribution in [0.3, 0.4) is 0 Å². The molecule has 1 nitrogen and oxygen atoms in total. The van der Waals surface area contributed by atoms with E-state index in [0.29, 0.717) is 5.04 Å². The van der Waals surface area contributed by atoms with Crippen LogP contribution in [0.15, 0.2) is 24.3 Å². The fraction of sp³-hybridized carbons (Fsp3) is 0.647. The van der Waals surface area contributed by atoms with E-state index in [9.17, 15) is 0 Å². The molecule has 0 N–H and O–H groups in total. The molecule has 1 aromatic carbocycles. The average Bonchev–Trinajstić information content (AvgIpc) is 3.06. The molecule has 1 saturated carbocycles. The predicted molar refractivity (Wildman–Crippen MR) is 85.8 cm³/mol. The Morgan fingerprint density at radius 1 is 1.16 bits per heavy atom. The third-order valence-electron chi connectivity index (χ3n) is 5.27. The normalized spacial score (nSPS) is 23.3. The van der Waals surface area contributed by atoms with Gasteiger partial charge in [0.2, 0.25) is 0 Å². The summed E-state index contributed by atoms with van der Waals surface area (Å²) in [4.78, 5) is 0. The molecule has 2 rings (SSSR count). The molecular formula is C17H28OSi. The highest BCUT2D eigenvalue weighted by molar-refractivity contribution is 6.80. The Balaban J connectivity index is 1.97. The predicted octanol–water partition coefficient (Wildman–Crippen LogP) is 5.31. The monoisotopic (exact) mass is 276 g/mol. The summed E-state index contributed by atoms with van der Waals surface area (Å²) < 4.78 is 5.23. The van der Waals surface area contributed by atoms with Crippen LogP contribution < -0.4 is 4.74 Å². The smallest absolute Gasteiger partial charge is 0.118 e. The van der Waals surface area contributed by atoms with Crippen molar-refractivity contribution in [1.82, 2.24) is 0 Å². The van der Waals surface area contributed by atoms with Crippen molar-refractivity contribution in [3.05, 3.63) is 29.8 Å². The van der Waals surface area contributed by atoms with E-state index in [2.05, 4.69) is 58.1 Å². The summed E-state index contributed by atoms with van der Waals surface area (Å²) in [5, 5.41) is 0.514. The van der Waals surface area contributed by atoms with E-state index in [0.717, 1.165) is 17.6 Å². The number of hydrogen-bond acceptors (Lipinski definition) is 1. The lowest BCUT2D eigenvalue weighted by molar-refractivity contribution is 0.414. The van der Waals surface area contributed by atoms with Gasteiger partial charge in [-0.2, -0.15) is 0 Å². The van der Waals surface area contributed by atoms with Gasteiger partial charge in [-0.25, -0.2) is 0 Å². The third kappa shape index (κ3) is 3.22. The Bertz CT molecular complexity index is 428. The van der Waals surface area contributed by atoms with Crippen LogP contribution in [0, 0.1) is 5.92 Å². The zero-order valence-corrected chi connectivity index (χ0v) is 14.3. The highest BCUT2D eigenvalue weighted by Gasteiger charge is 2.45. The summed E-state index contributed by atoms with van der Waals surface area (Å²) in [5.41, 5.74) is 1.50. The molecule has 0 saturated heterocycles. The number of hydrogen-bond donors (Lipinski definition) is 0. The maximum atomic E-state index is 5.23. The summed E-state index contributed by atoms with van der Waals surface area (Å²) in [6.45, 7) is 12.4. The van der Waals surface area contributed by atoms with Crippen molar-refractivity contribution in [3.8, 4) is 5.75 Å². The highest BCUT2D eigenvalue weighted by atomic mass is 28.3. The average molecular weight is 276 g/mol. The fourth-order valence-corrected chi connectivity index (χ4v) is 5.07. The Morgan fingerprint density at radius 3 is 2.21 bits per heavy atom. The maximum absolute atomic E-state index is 5.23. The Hall–Kier alpha value is -0.763. The van der Waals surface area contributed by atoms with E-state index in [1.807, 2.05) is 0 Å². The van der Waals surface area contributed by atoms with Crippen LogP contribution in [-0.4, -0.2) is 15.2 Å². The molecule has 0 spiro atoms. The zero-order valence-electron chi connectivity index (χ0n) is 13.3. The molecular weight excluding hydrogens is 248 g/mol. The molecule has 19 heavy (non-hydrogen) atoms. The molecule has 0 unspecified atom stereocenters. The molecule has 0 bridgehead atoms. The Kier molecular flexibility index (Phi) is 3.83. The van der Waals surface area contributed by atoms with Gasteiger partial charge in [0.25, 0.3) is 0 Å². The molecule has 2 atom stereocenters. The second-order valence-corrected chi connectivity index (χ2v) is 13.4. The standard InChI is InChI=1S/C17H28OSi/c1-17(2,3)19(5,6)12-14-11-16(14)13-7-9-15(18-4)10-8-13/h7-10,14,16H,11-12H2,1-6H3/t14-,16+/m0/s1. The van der Waals surface area contributed by atoms with E-state index in [-0.39, 0.29) is 0 Å². The van der Waals surface area contributed by atoms with Crippen LogP contribution in [0.25, 0.3) is 0 Å². The van der Waals surface area contributed by atoms with Crippen molar-refractivity contribution < 1.29 is 4.74 Å². The van der Waals surface area contributed by atoms with Crippen LogP contribution in [-0.2, 0) is 0 Å². The van der Waals surface area contributed by atoms with Crippen molar-refractivity contribution in [2.24, 2.45) is 5.92 Å². The van der Waals surface area contributed by atoms with E-state index >= 15 is 0 Å². The first-order valence-corrected chi connectivity index (χ1v) is 10.6. The van der Waals surface area contributed by atoms with Gasteiger partial charge in [0, 0.05) is 0 Å².